The lowest BCUT2D eigenvalue weighted by molar-refractivity contribution is 0.311. The summed E-state index contributed by atoms with van der Waals surface area (Å²) in [7, 11) is 2.02. The van der Waals surface area contributed by atoms with Crippen molar-refractivity contribution in [2.75, 3.05) is 38.1 Å². The quantitative estimate of drug-likeness (QED) is 0.733. The Bertz CT molecular complexity index is 390. The van der Waals surface area contributed by atoms with E-state index in [2.05, 4.69) is 20.8 Å². The maximum atomic E-state index is 13.7. The Balaban J connectivity index is 2.24. The van der Waals surface area contributed by atoms with E-state index in [-0.39, 0.29) is 4.47 Å². The molecule has 0 unspecified atom stereocenters. The first-order chi connectivity index (χ1) is 7.59. The smallest absolute Gasteiger partial charge is 0.183 e. The first-order valence-corrected chi connectivity index (χ1v) is 5.96. The van der Waals surface area contributed by atoms with Gasteiger partial charge >= 0.3 is 0 Å². The highest BCUT2D eigenvalue weighted by molar-refractivity contribution is 9.10. The average molecular weight is 291 g/mol. The molecule has 0 aromatic heterocycles. The van der Waals surface area contributed by atoms with Crippen LogP contribution in [0.3, 0.4) is 0 Å². The molecule has 1 fully saturated rings. The van der Waals surface area contributed by atoms with Crippen molar-refractivity contribution in [3.05, 3.63) is 28.2 Å². The number of hydrogen-bond acceptors (Lipinski definition) is 2. The highest BCUT2D eigenvalue weighted by atomic mass is 79.9. The predicted octanol–water partition coefficient (Wildman–Crippen LogP) is 2.48. The third kappa shape index (κ3) is 2.20. The maximum Gasteiger partial charge on any atom is 0.183 e. The van der Waals surface area contributed by atoms with Crippen molar-refractivity contribution in [2.24, 2.45) is 0 Å². The molecular weight excluding hydrogens is 278 g/mol. The van der Waals surface area contributed by atoms with Crippen molar-refractivity contribution in [1.82, 2.24) is 4.90 Å². The van der Waals surface area contributed by atoms with E-state index < -0.39 is 11.6 Å². The van der Waals surface area contributed by atoms with Gasteiger partial charge in [0.2, 0.25) is 0 Å². The molecule has 1 heterocycles. The van der Waals surface area contributed by atoms with Gasteiger partial charge in [0.1, 0.15) is 0 Å². The second-order valence-corrected chi connectivity index (χ2v) is 4.84. The van der Waals surface area contributed by atoms with Crippen LogP contribution in [0.1, 0.15) is 0 Å². The molecule has 1 aliphatic heterocycles. The molecule has 5 heteroatoms. The number of piperazine rings is 1. The highest BCUT2D eigenvalue weighted by Crippen LogP contribution is 2.27. The van der Waals surface area contributed by atoms with Crippen LogP contribution in [0.25, 0.3) is 0 Å². The summed E-state index contributed by atoms with van der Waals surface area (Å²) in [4.78, 5) is 4.05. The monoisotopic (exact) mass is 290 g/mol. The molecule has 88 valence electrons. The third-order valence-electron chi connectivity index (χ3n) is 2.86. The number of nitrogens with zero attached hydrogens (tertiary/aromatic N) is 2. The molecule has 16 heavy (non-hydrogen) atoms. The summed E-state index contributed by atoms with van der Waals surface area (Å²) in [6.07, 6.45) is 0. The molecule has 2 rings (SSSR count). The fraction of sp³-hybridized carbons (Fsp3) is 0.455. The lowest BCUT2D eigenvalue weighted by Crippen LogP contribution is -2.44. The highest BCUT2D eigenvalue weighted by Gasteiger charge is 2.20. The van der Waals surface area contributed by atoms with Gasteiger partial charge in [-0.15, -0.1) is 0 Å². The van der Waals surface area contributed by atoms with E-state index in [0.717, 1.165) is 26.2 Å². The van der Waals surface area contributed by atoms with Crippen molar-refractivity contribution in [2.45, 2.75) is 0 Å². The van der Waals surface area contributed by atoms with Gasteiger partial charge in [0.05, 0.1) is 10.2 Å². The summed E-state index contributed by atoms with van der Waals surface area (Å²) in [6.45, 7) is 3.21. The molecule has 1 aromatic rings. The minimum absolute atomic E-state index is 0.169. The summed E-state index contributed by atoms with van der Waals surface area (Å²) in [5, 5.41) is 0. The average Bonchev–Trinajstić information content (AvgIpc) is 2.28. The Morgan fingerprint density at radius 2 is 1.69 bits per heavy atom. The van der Waals surface area contributed by atoms with Crippen LogP contribution < -0.4 is 4.90 Å². The molecule has 1 aliphatic rings. The predicted molar refractivity (Wildman–Crippen MR) is 63.8 cm³/mol. The van der Waals surface area contributed by atoms with E-state index >= 15 is 0 Å². The van der Waals surface area contributed by atoms with Crippen LogP contribution in [-0.4, -0.2) is 38.1 Å². The van der Waals surface area contributed by atoms with Crippen molar-refractivity contribution < 1.29 is 8.78 Å². The van der Waals surface area contributed by atoms with E-state index in [1.807, 2.05) is 11.9 Å². The SMILES string of the molecule is CN1CCN(c2ccc(Br)c(F)c2F)CC1. The standard InChI is InChI=1S/C11H13BrF2N2/c1-15-4-6-16(7-5-15)9-3-2-8(12)10(13)11(9)14/h2-3H,4-7H2,1H3. The number of likely N-dealkylation sites (N-methyl/N-ethyl adjacent to an activating group) is 1. The third-order valence-corrected chi connectivity index (χ3v) is 3.47. The lowest BCUT2D eigenvalue weighted by atomic mass is 10.2. The maximum absolute atomic E-state index is 13.7. The summed E-state index contributed by atoms with van der Waals surface area (Å²) < 4.78 is 27.2. The minimum Gasteiger partial charge on any atom is -0.367 e. The Morgan fingerprint density at radius 1 is 1.06 bits per heavy atom. The minimum atomic E-state index is -0.809. The second-order valence-electron chi connectivity index (χ2n) is 3.98. The summed E-state index contributed by atoms with van der Waals surface area (Å²) >= 11 is 2.97. The molecule has 0 saturated carbocycles. The van der Waals surface area contributed by atoms with Gasteiger partial charge in [-0.3, -0.25) is 0 Å². The molecule has 0 amide bonds. The number of hydrogen-bond donors (Lipinski definition) is 0. The van der Waals surface area contributed by atoms with Crippen molar-refractivity contribution in [3.8, 4) is 0 Å². The van der Waals surface area contributed by atoms with E-state index in [9.17, 15) is 8.78 Å². The van der Waals surface area contributed by atoms with E-state index in [4.69, 9.17) is 0 Å². The van der Waals surface area contributed by atoms with E-state index in [1.165, 1.54) is 0 Å². The second kappa shape index (κ2) is 4.67. The van der Waals surface area contributed by atoms with Crippen LogP contribution in [-0.2, 0) is 0 Å². The van der Waals surface area contributed by atoms with Crippen LogP contribution in [0.15, 0.2) is 16.6 Å². The molecule has 0 spiro atoms. The number of anilines is 1. The van der Waals surface area contributed by atoms with Crippen molar-refractivity contribution in [3.63, 3.8) is 0 Å². The lowest BCUT2D eigenvalue weighted by Gasteiger charge is -2.34. The number of halogens is 3. The molecule has 1 aromatic carbocycles. The first-order valence-electron chi connectivity index (χ1n) is 5.16. The molecule has 0 N–H and O–H groups in total. The van der Waals surface area contributed by atoms with Crippen LogP contribution in [0, 0.1) is 11.6 Å². The molecule has 0 aliphatic carbocycles. The Hall–Kier alpha value is -0.680. The summed E-state index contributed by atoms with van der Waals surface area (Å²) in [5.41, 5.74) is 0.355. The van der Waals surface area contributed by atoms with Crippen LogP contribution in [0.5, 0.6) is 0 Å². The van der Waals surface area contributed by atoms with Crippen molar-refractivity contribution >= 4 is 21.6 Å². The van der Waals surface area contributed by atoms with Gasteiger partial charge in [0.25, 0.3) is 0 Å². The van der Waals surface area contributed by atoms with Gasteiger partial charge in [0.15, 0.2) is 11.6 Å². The topological polar surface area (TPSA) is 6.48 Å². The zero-order valence-electron chi connectivity index (χ0n) is 9.01. The zero-order valence-corrected chi connectivity index (χ0v) is 10.6. The molecule has 2 nitrogen and oxygen atoms in total. The van der Waals surface area contributed by atoms with Gasteiger partial charge in [-0.05, 0) is 35.1 Å². The molecule has 0 bridgehead atoms. The zero-order chi connectivity index (χ0) is 11.7. The Kier molecular flexibility index (Phi) is 3.44. The Labute approximate surface area is 102 Å². The number of benzene rings is 1. The van der Waals surface area contributed by atoms with Gasteiger partial charge in [-0.2, -0.15) is 0 Å². The number of rotatable bonds is 1. The molecular formula is C11H13BrF2N2. The Morgan fingerprint density at radius 3 is 2.31 bits per heavy atom. The largest absolute Gasteiger partial charge is 0.367 e. The molecule has 0 atom stereocenters. The van der Waals surface area contributed by atoms with E-state index in [1.54, 1.807) is 12.1 Å². The van der Waals surface area contributed by atoms with Gasteiger partial charge < -0.3 is 9.80 Å². The van der Waals surface area contributed by atoms with Crippen LogP contribution >= 0.6 is 15.9 Å². The molecule has 1 saturated heterocycles. The first kappa shape index (κ1) is 11.8. The fourth-order valence-corrected chi connectivity index (χ4v) is 2.11. The summed E-state index contributed by atoms with van der Waals surface area (Å²) in [6, 6.07) is 3.17. The van der Waals surface area contributed by atoms with Crippen LogP contribution in [0.4, 0.5) is 14.5 Å². The normalized spacial score (nSPS) is 17.9. The molecule has 0 radical (unpaired) electrons. The van der Waals surface area contributed by atoms with Gasteiger partial charge in [-0.1, -0.05) is 0 Å². The summed E-state index contributed by atoms with van der Waals surface area (Å²) in [5.74, 6) is -1.57. The van der Waals surface area contributed by atoms with Crippen LogP contribution in [0.2, 0.25) is 0 Å². The van der Waals surface area contributed by atoms with E-state index in [0.29, 0.717) is 5.69 Å². The van der Waals surface area contributed by atoms with Gasteiger partial charge in [-0.25, -0.2) is 8.78 Å². The van der Waals surface area contributed by atoms with Gasteiger partial charge in [0, 0.05) is 26.2 Å². The fourth-order valence-electron chi connectivity index (χ4n) is 1.81. The van der Waals surface area contributed by atoms with Crippen molar-refractivity contribution in [1.29, 1.82) is 0 Å².